The molecule has 72 valence electrons. The Hall–Kier alpha value is -0.510. The van der Waals surface area contributed by atoms with Gasteiger partial charge in [-0.15, -0.1) is 11.8 Å². The molecule has 0 aliphatic rings. The van der Waals surface area contributed by atoms with Crippen molar-refractivity contribution in [3.8, 4) is 0 Å². The van der Waals surface area contributed by atoms with Crippen molar-refractivity contribution < 1.29 is 9.84 Å². The first-order chi connectivity index (χ1) is 6.36. The molecule has 0 aliphatic carbocycles. The molecule has 0 unspecified atom stereocenters. The molecule has 1 rings (SSSR count). The van der Waals surface area contributed by atoms with E-state index in [1.54, 1.807) is 11.8 Å². The van der Waals surface area contributed by atoms with Gasteiger partial charge in [-0.2, -0.15) is 0 Å². The van der Waals surface area contributed by atoms with Crippen LogP contribution in [0.3, 0.4) is 0 Å². The van der Waals surface area contributed by atoms with Crippen molar-refractivity contribution >= 4 is 11.8 Å². The number of aliphatic hydroxyl groups is 1. The molecule has 0 heterocycles. The van der Waals surface area contributed by atoms with Gasteiger partial charge in [-0.25, -0.2) is 0 Å². The summed E-state index contributed by atoms with van der Waals surface area (Å²) in [4.78, 5) is 0. The van der Waals surface area contributed by atoms with Crippen molar-refractivity contribution in [1.82, 2.24) is 0 Å². The first kappa shape index (κ1) is 10.6. The Morgan fingerprint density at radius 2 is 1.85 bits per heavy atom. The van der Waals surface area contributed by atoms with E-state index >= 15 is 0 Å². The van der Waals surface area contributed by atoms with Gasteiger partial charge in [-0.1, -0.05) is 24.3 Å². The van der Waals surface area contributed by atoms with Crippen molar-refractivity contribution in [2.45, 2.75) is 13.2 Å². The fourth-order valence-electron chi connectivity index (χ4n) is 0.984. The van der Waals surface area contributed by atoms with Crippen LogP contribution in [0.15, 0.2) is 24.3 Å². The number of rotatable bonds is 5. The number of thioether (sulfide) groups is 1. The lowest BCUT2D eigenvalue weighted by Crippen LogP contribution is -1.92. The Morgan fingerprint density at radius 1 is 1.23 bits per heavy atom. The summed E-state index contributed by atoms with van der Waals surface area (Å²) < 4.78 is 5.34. The van der Waals surface area contributed by atoms with Crippen molar-refractivity contribution in [1.29, 1.82) is 0 Å². The molecule has 0 amide bonds. The van der Waals surface area contributed by atoms with Crippen LogP contribution in [0.5, 0.6) is 0 Å². The fourth-order valence-corrected chi connectivity index (χ4v) is 1.23. The number of ether oxygens (including phenoxy) is 1. The van der Waals surface area contributed by atoms with E-state index in [1.165, 1.54) is 0 Å². The predicted molar refractivity (Wildman–Crippen MR) is 55.5 cm³/mol. The predicted octanol–water partition coefficient (Wildman–Crippen LogP) is 2.02. The number of benzene rings is 1. The zero-order chi connectivity index (χ0) is 9.52. The van der Waals surface area contributed by atoms with Gasteiger partial charge in [0.05, 0.1) is 19.2 Å². The highest BCUT2D eigenvalue weighted by atomic mass is 32.2. The summed E-state index contributed by atoms with van der Waals surface area (Å²) in [6.45, 7) is 0.749. The lowest BCUT2D eigenvalue weighted by molar-refractivity contribution is 0.169. The summed E-state index contributed by atoms with van der Waals surface area (Å²) in [5, 5.41) is 8.81. The van der Waals surface area contributed by atoms with Gasteiger partial charge in [0.25, 0.3) is 0 Å². The summed E-state index contributed by atoms with van der Waals surface area (Å²) in [7, 11) is 0. The highest BCUT2D eigenvalue weighted by Crippen LogP contribution is 2.06. The van der Waals surface area contributed by atoms with Crippen molar-refractivity contribution in [2.24, 2.45) is 0 Å². The lowest BCUT2D eigenvalue weighted by Gasteiger charge is -2.02. The summed E-state index contributed by atoms with van der Waals surface area (Å²) in [5.74, 6) is 0.724. The topological polar surface area (TPSA) is 29.5 Å². The van der Waals surface area contributed by atoms with Crippen LogP contribution in [0.25, 0.3) is 0 Å². The lowest BCUT2D eigenvalue weighted by atomic mass is 10.1. The van der Waals surface area contributed by atoms with Crippen LogP contribution < -0.4 is 0 Å². The summed E-state index contributed by atoms with van der Waals surface area (Å²) >= 11 is 1.67. The van der Waals surface area contributed by atoms with E-state index in [4.69, 9.17) is 9.84 Å². The second kappa shape index (κ2) is 6.02. The Bertz CT molecular complexity index is 233. The van der Waals surface area contributed by atoms with E-state index in [-0.39, 0.29) is 6.61 Å². The van der Waals surface area contributed by atoms with Crippen molar-refractivity contribution in [2.75, 3.05) is 12.2 Å². The van der Waals surface area contributed by atoms with Gasteiger partial charge in [0.2, 0.25) is 0 Å². The zero-order valence-corrected chi connectivity index (χ0v) is 8.51. The molecule has 3 heteroatoms. The maximum Gasteiger partial charge on any atom is 0.0922 e. The van der Waals surface area contributed by atoms with Gasteiger partial charge in [-0.05, 0) is 17.4 Å². The van der Waals surface area contributed by atoms with Crippen LogP contribution >= 0.6 is 11.8 Å². The first-order valence-electron chi connectivity index (χ1n) is 4.12. The molecule has 1 aromatic rings. The molecule has 1 N–H and O–H groups in total. The largest absolute Gasteiger partial charge is 0.392 e. The molecule has 0 aromatic heterocycles. The van der Waals surface area contributed by atoms with Crippen molar-refractivity contribution in [3.63, 3.8) is 0 Å². The van der Waals surface area contributed by atoms with Crippen LogP contribution in [-0.4, -0.2) is 17.3 Å². The molecule has 0 atom stereocenters. The van der Waals surface area contributed by atoms with Crippen molar-refractivity contribution in [3.05, 3.63) is 35.4 Å². The molecule has 0 saturated heterocycles. The van der Waals surface area contributed by atoms with Crippen LogP contribution in [0, 0.1) is 0 Å². The Labute approximate surface area is 82.9 Å². The second-order valence-corrected chi connectivity index (χ2v) is 3.54. The Morgan fingerprint density at radius 3 is 2.38 bits per heavy atom. The molecule has 0 bridgehead atoms. The molecule has 0 saturated carbocycles. The standard InChI is InChI=1S/C10H14O2S/c1-13-8-12-7-10-4-2-9(6-11)3-5-10/h2-5,11H,6-8H2,1H3. The number of aliphatic hydroxyl groups excluding tert-OH is 1. The zero-order valence-electron chi connectivity index (χ0n) is 7.69. The normalized spacial score (nSPS) is 10.3. The third-order valence-electron chi connectivity index (χ3n) is 1.68. The van der Waals surface area contributed by atoms with Gasteiger partial charge in [-0.3, -0.25) is 0 Å². The highest BCUT2D eigenvalue weighted by molar-refractivity contribution is 7.98. The summed E-state index contributed by atoms with van der Waals surface area (Å²) in [5.41, 5.74) is 2.08. The van der Waals surface area contributed by atoms with Gasteiger partial charge < -0.3 is 9.84 Å². The van der Waals surface area contributed by atoms with Gasteiger partial charge in [0.15, 0.2) is 0 Å². The Kier molecular flexibility index (Phi) is 4.90. The van der Waals surface area contributed by atoms with Gasteiger partial charge >= 0.3 is 0 Å². The van der Waals surface area contributed by atoms with E-state index < -0.39 is 0 Å². The van der Waals surface area contributed by atoms with Crippen LogP contribution in [0.1, 0.15) is 11.1 Å². The second-order valence-electron chi connectivity index (χ2n) is 2.73. The maximum atomic E-state index is 8.81. The molecule has 0 spiro atoms. The van der Waals surface area contributed by atoms with E-state index in [0.717, 1.165) is 17.1 Å². The Balaban J connectivity index is 2.40. The average molecular weight is 198 g/mol. The molecular weight excluding hydrogens is 184 g/mol. The van der Waals surface area contributed by atoms with E-state index in [1.807, 2.05) is 30.5 Å². The van der Waals surface area contributed by atoms with Crippen LogP contribution in [0.4, 0.5) is 0 Å². The van der Waals surface area contributed by atoms with Gasteiger partial charge in [0, 0.05) is 0 Å². The quantitative estimate of drug-likeness (QED) is 0.580. The maximum absolute atomic E-state index is 8.81. The minimum Gasteiger partial charge on any atom is -0.392 e. The summed E-state index contributed by atoms with van der Waals surface area (Å²) in [6.07, 6.45) is 2.01. The molecule has 0 radical (unpaired) electrons. The number of hydrogen-bond acceptors (Lipinski definition) is 3. The molecular formula is C10H14O2S. The SMILES string of the molecule is CSCOCc1ccc(CO)cc1. The van der Waals surface area contributed by atoms with E-state index in [2.05, 4.69) is 0 Å². The molecule has 2 nitrogen and oxygen atoms in total. The molecule has 0 aliphatic heterocycles. The third kappa shape index (κ3) is 3.81. The first-order valence-corrected chi connectivity index (χ1v) is 5.51. The molecule has 13 heavy (non-hydrogen) atoms. The van der Waals surface area contributed by atoms with Crippen LogP contribution in [-0.2, 0) is 18.0 Å². The average Bonchev–Trinajstić information content (AvgIpc) is 2.19. The summed E-state index contributed by atoms with van der Waals surface area (Å²) in [6, 6.07) is 7.79. The molecule has 0 fully saturated rings. The van der Waals surface area contributed by atoms with Gasteiger partial charge in [0.1, 0.15) is 0 Å². The van der Waals surface area contributed by atoms with E-state index in [9.17, 15) is 0 Å². The van der Waals surface area contributed by atoms with E-state index in [0.29, 0.717) is 6.61 Å². The highest BCUT2D eigenvalue weighted by Gasteiger charge is 1.93. The minimum atomic E-state index is 0.103. The fraction of sp³-hybridized carbons (Fsp3) is 0.400. The van der Waals surface area contributed by atoms with Crippen LogP contribution in [0.2, 0.25) is 0 Å². The minimum absolute atomic E-state index is 0.103. The smallest absolute Gasteiger partial charge is 0.0922 e. The molecule has 1 aromatic carbocycles. The number of hydrogen-bond donors (Lipinski definition) is 1. The monoisotopic (exact) mass is 198 g/mol. The third-order valence-corrected chi connectivity index (χ3v) is 2.08.